The van der Waals surface area contributed by atoms with Crippen LogP contribution >= 0.6 is 0 Å². The molecule has 2 atom stereocenters. The molecule has 1 heterocycles. The summed E-state index contributed by atoms with van der Waals surface area (Å²) in [7, 11) is 0. The van der Waals surface area contributed by atoms with Crippen LogP contribution in [0.4, 0.5) is 0 Å². The first kappa shape index (κ1) is 8.71. The molecule has 0 aromatic carbocycles. The normalized spacial score (nSPS) is 31.7. The molecule has 0 unspecified atom stereocenters. The summed E-state index contributed by atoms with van der Waals surface area (Å²) in [6, 6.07) is -0.0116. The van der Waals surface area contributed by atoms with Gasteiger partial charge < -0.3 is 9.84 Å². The third-order valence-corrected chi connectivity index (χ3v) is 1.81. The lowest BCUT2D eigenvalue weighted by Crippen LogP contribution is -2.43. The molecule has 0 saturated carbocycles. The average molecular weight is 157 g/mol. The first-order chi connectivity index (χ1) is 5.05. The van der Waals surface area contributed by atoms with Crippen LogP contribution in [-0.2, 0) is 4.74 Å². The molecule has 3 heteroatoms. The van der Waals surface area contributed by atoms with Gasteiger partial charge in [-0.25, -0.2) is 0 Å². The van der Waals surface area contributed by atoms with E-state index in [9.17, 15) is 5.11 Å². The van der Waals surface area contributed by atoms with Gasteiger partial charge in [0.05, 0.1) is 18.8 Å². The van der Waals surface area contributed by atoms with E-state index >= 15 is 0 Å². The summed E-state index contributed by atoms with van der Waals surface area (Å²) in [5, 5.41) is 12.5. The predicted molar refractivity (Wildman–Crippen MR) is 43.2 cm³/mol. The van der Waals surface area contributed by atoms with Crippen LogP contribution in [0.2, 0.25) is 0 Å². The molecule has 64 valence electrons. The minimum atomic E-state index is -0.517. The highest BCUT2D eigenvalue weighted by molar-refractivity contribution is 4.94. The molecule has 1 saturated heterocycles. The fourth-order valence-corrected chi connectivity index (χ4v) is 1.18. The van der Waals surface area contributed by atoms with Crippen molar-refractivity contribution in [2.75, 3.05) is 6.61 Å². The van der Waals surface area contributed by atoms with Gasteiger partial charge in [0, 0.05) is 0 Å². The molecule has 3 nitrogen and oxygen atoms in total. The van der Waals surface area contributed by atoms with Gasteiger partial charge in [-0.1, -0.05) is 6.08 Å². The van der Waals surface area contributed by atoms with Gasteiger partial charge in [-0.15, -0.1) is 6.58 Å². The molecule has 1 rings (SSSR count). The fraction of sp³-hybridized carbons (Fsp3) is 0.750. The molecule has 0 aromatic rings. The highest BCUT2D eigenvalue weighted by Gasteiger charge is 2.33. The van der Waals surface area contributed by atoms with Crippen LogP contribution in [0.1, 0.15) is 13.8 Å². The zero-order valence-electron chi connectivity index (χ0n) is 7.00. The van der Waals surface area contributed by atoms with Crippen LogP contribution in [0.25, 0.3) is 0 Å². The van der Waals surface area contributed by atoms with Crippen molar-refractivity contribution in [2.45, 2.75) is 31.7 Å². The fourth-order valence-electron chi connectivity index (χ4n) is 1.18. The number of ether oxygens (including phenoxy) is 1. The molecule has 11 heavy (non-hydrogen) atoms. The van der Waals surface area contributed by atoms with Crippen molar-refractivity contribution in [3.63, 3.8) is 0 Å². The van der Waals surface area contributed by atoms with E-state index in [2.05, 4.69) is 11.9 Å². The first-order valence-electron chi connectivity index (χ1n) is 3.77. The van der Waals surface area contributed by atoms with E-state index in [0.29, 0.717) is 6.61 Å². The molecule has 0 aliphatic carbocycles. The Kier molecular flexibility index (Phi) is 2.32. The average Bonchev–Trinajstić information content (AvgIpc) is 2.29. The Balaban J connectivity index is 2.47. The summed E-state index contributed by atoms with van der Waals surface area (Å²) in [6.45, 7) is 7.92. The van der Waals surface area contributed by atoms with Crippen LogP contribution in [0.3, 0.4) is 0 Å². The van der Waals surface area contributed by atoms with Gasteiger partial charge in [0.15, 0.2) is 0 Å². The van der Waals surface area contributed by atoms with Crippen molar-refractivity contribution in [3.8, 4) is 0 Å². The molecule has 1 aliphatic heterocycles. The zero-order valence-corrected chi connectivity index (χ0v) is 7.00. The Hall–Kier alpha value is -0.380. The van der Waals surface area contributed by atoms with Crippen molar-refractivity contribution in [2.24, 2.45) is 0 Å². The minimum Gasteiger partial charge on any atom is -0.387 e. The summed E-state index contributed by atoms with van der Waals surface area (Å²) in [6.07, 6.45) is 0.999. The van der Waals surface area contributed by atoms with Crippen LogP contribution in [0, 0.1) is 0 Å². The van der Waals surface area contributed by atoms with Crippen LogP contribution in [-0.4, -0.2) is 29.6 Å². The third-order valence-electron chi connectivity index (χ3n) is 1.81. The third kappa shape index (κ3) is 2.02. The van der Waals surface area contributed by atoms with Crippen LogP contribution in [0.15, 0.2) is 12.7 Å². The van der Waals surface area contributed by atoms with Gasteiger partial charge in [-0.3, -0.25) is 5.32 Å². The monoisotopic (exact) mass is 157 g/mol. The number of aliphatic hydroxyl groups excluding tert-OH is 1. The Morgan fingerprint density at radius 3 is 2.82 bits per heavy atom. The molecule has 0 amide bonds. The van der Waals surface area contributed by atoms with E-state index in [4.69, 9.17) is 4.74 Å². The second-order valence-electron chi connectivity index (χ2n) is 3.30. The Labute approximate surface area is 67.1 Å². The predicted octanol–water partition coefficient (Wildman–Crippen LogP) is 0.258. The molecule has 0 spiro atoms. The molecule has 1 fully saturated rings. The van der Waals surface area contributed by atoms with E-state index < -0.39 is 6.10 Å². The van der Waals surface area contributed by atoms with E-state index in [1.807, 2.05) is 13.8 Å². The Morgan fingerprint density at radius 2 is 2.45 bits per heavy atom. The second-order valence-corrected chi connectivity index (χ2v) is 3.30. The Morgan fingerprint density at radius 1 is 1.82 bits per heavy atom. The SMILES string of the molecule is C=C[C@@H](O)[C@H]1COC(C)(C)N1. The van der Waals surface area contributed by atoms with Crippen molar-refractivity contribution >= 4 is 0 Å². The molecule has 0 bridgehead atoms. The number of hydrogen-bond donors (Lipinski definition) is 2. The maximum atomic E-state index is 9.33. The standard InChI is InChI=1S/C8H15NO2/c1-4-7(10)6-5-11-8(2,3)9-6/h4,6-7,9-10H,1,5H2,2-3H3/t6-,7-/m1/s1. The number of nitrogens with one attached hydrogen (secondary N) is 1. The van der Waals surface area contributed by atoms with Gasteiger partial charge in [0.2, 0.25) is 0 Å². The molecule has 2 N–H and O–H groups in total. The van der Waals surface area contributed by atoms with Gasteiger partial charge in [-0.2, -0.15) is 0 Å². The van der Waals surface area contributed by atoms with Crippen molar-refractivity contribution in [1.29, 1.82) is 0 Å². The van der Waals surface area contributed by atoms with Crippen molar-refractivity contribution in [3.05, 3.63) is 12.7 Å². The Bertz CT molecular complexity index is 156. The largest absolute Gasteiger partial charge is 0.387 e. The lowest BCUT2D eigenvalue weighted by Gasteiger charge is -2.19. The van der Waals surface area contributed by atoms with Gasteiger partial charge in [0.25, 0.3) is 0 Å². The summed E-state index contributed by atoms with van der Waals surface area (Å²) in [4.78, 5) is 0. The zero-order chi connectivity index (χ0) is 8.48. The quantitative estimate of drug-likeness (QED) is 0.565. The molecular formula is C8H15NO2. The van der Waals surface area contributed by atoms with Crippen LogP contribution in [0.5, 0.6) is 0 Å². The molecule has 1 aliphatic rings. The van der Waals surface area contributed by atoms with Crippen molar-refractivity contribution < 1.29 is 9.84 Å². The molecular weight excluding hydrogens is 142 g/mol. The highest BCUT2D eigenvalue weighted by Crippen LogP contribution is 2.16. The highest BCUT2D eigenvalue weighted by atomic mass is 16.5. The summed E-state index contributed by atoms with van der Waals surface area (Å²) in [5.74, 6) is 0. The maximum absolute atomic E-state index is 9.33. The first-order valence-corrected chi connectivity index (χ1v) is 3.77. The van der Waals surface area contributed by atoms with Gasteiger partial charge in [0.1, 0.15) is 5.72 Å². The maximum Gasteiger partial charge on any atom is 0.114 e. The lowest BCUT2D eigenvalue weighted by atomic mass is 10.1. The van der Waals surface area contributed by atoms with Crippen LogP contribution < -0.4 is 5.32 Å². The number of hydrogen-bond acceptors (Lipinski definition) is 3. The van der Waals surface area contributed by atoms with Gasteiger partial charge in [-0.05, 0) is 13.8 Å². The van der Waals surface area contributed by atoms with E-state index in [1.54, 1.807) is 0 Å². The summed E-state index contributed by atoms with van der Waals surface area (Å²) in [5.41, 5.74) is -0.311. The van der Waals surface area contributed by atoms with E-state index in [-0.39, 0.29) is 11.8 Å². The minimum absolute atomic E-state index is 0.0116. The second kappa shape index (κ2) is 2.93. The smallest absolute Gasteiger partial charge is 0.114 e. The molecule has 0 aromatic heterocycles. The number of rotatable bonds is 2. The topological polar surface area (TPSA) is 41.5 Å². The van der Waals surface area contributed by atoms with Crippen molar-refractivity contribution in [1.82, 2.24) is 5.32 Å². The lowest BCUT2D eigenvalue weighted by molar-refractivity contribution is 0.0228. The van der Waals surface area contributed by atoms with E-state index in [0.717, 1.165) is 0 Å². The van der Waals surface area contributed by atoms with Gasteiger partial charge >= 0.3 is 0 Å². The van der Waals surface area contributed by atoms with E-state index in [1.165, 1.54) is 6.08 Å². The summed E-state index contributed by atoms with van der Waals surface area (Å²) < 4.78 is 5.36. The molecule has 0 radical (unpaired) electrons. The summed E-state index contributed by atoms with van der Waals surface area (Å²) >= 11 is 0. The number of aliphatic hydroxyl groups is 1.